The molecular weight excluding hydrogens is 941 g/mol. The summed E-state index contributed by atoms with van der Waals surface area (Å²) in [6.07, 6.45) is -1.55. The molecule has 0 aliphatic rings. The fourth-order valence-corrected chi connectivity index (χ4v) is 7.15. The van der Waals surface area contributed by atoms with Gasteiger partial charge in [-0.05, 0) is 47.8 Å². The van der Waals surface area contributed by atoms with Gasteiger partial charge in [0.1, 0.15) is 42.0 Å². The van der Waals surface area contributed by atoms with Gasteiger partial charge in [-0.1, -0.05) is 89.2 Å². The van der Waals surface area contributed by atoms with Crippen LogP contribution in [0.2, 0.25) is 0 Å². The number of benzene rings is 2. The van der Waals surface area contributed by atoms with Gasteiger partial charge >= 0.3 is 17.9 Å². The molecular formula is C49H64N8O15. The second-order valence-corrected chi connectivity index (χ2v) is 18.6. The number of oxazole rings is 1. The van der Waals surface area contributed by atoms with Crippen molar-refractivity contribution < 1.29 is 72.5 Å². The zero-order valence-corrected chi connectivity index (χ0v) is 40.9. The Labute approximate surface area is 415 Å². The van der Waals surface area contributed by atoms with Crippen LogP contribution < -0.4 is 37.2 Å². The van der Waals surface area contributed by atoms with Crippen LogP contribution in [0, 0.1) is 18.3 Å². The minimum atomic E-state index is -1.83. The van der Waals surface area contributed by atoms with Crippen molar-refractivity contribution in [2.75, 3.05) is 0 Å². The molecule has 0 saturated heterocycles. The summed E-state index contributed by atoms with van der Waals surface area (Å²) in [6.45, 7) is 10.2. The summed E-state index contributed by atoms with van der Waals surface area (Å²) in [5, 5.41) is 45.3. The zero-order chi connectivity index (χ0) is 53.7. The number of nitrogens with zero attached hydrogens (tertiary/aromatic N) is 1. The van der Waals surface area contributed by atoms with E-state index in [9.17, 15) is 63.0 Å². The third-order valence-corrected chi connectivity index (χ3v) is 11.0. The first-order chi connectivity index (χ1) is 33.8. The molecule has 0 aliphatic carbocycles. The largest absolute Gasteiger partial charge is 0.481 e. The van der Waals surface area contributed by atoms with E-state index in [0.29, 0.717) is 16.7 Å². The smallest absolute Gasteiger partial charge is 0.305 e. The van der Waals surface area contributed by atoms with E-state index in [4.69, 9.17) is 9.52 Å². The molecule has 3 rings (SSSR count). The van der Waals surface area contributed by atoms with Crippen LogP contribution in [0.25, 0.3) is 0 Å². The van der Waals surface area contributed by atoms with E-state index in [1.807, 2.05) is 0 Å². The van der Waals surface area contributed by atoms with Gasteiger partial charge in [-0.25, -0.2) is 4.98 Å². The van der Waals surface area contributed by atoms with Gasteiger partial charge in [-0.15, -0.1) is 0 Å². The summed E-state index contributed by atoms with van der Waals surface area (Å²) in [5.41, 5.74) is 0.871. The lowest BCUT2D eigenvalue weighted by Gasteiger charge is -2.34. The normalized spacial score (nSPS) is 13.7. The minimum absolute atomic E-state index is 0.0203. The minimum Gasteiger partial charge on any atom is -0.481 e. The first-order valence-electron chi connectivity index (χ1n) is 23.1. The van der Waals surface area contributed by atoms with E-state index >= 15 is 0 Å². The lowest BCUT2D eigenvalue weighted by atomic mass is 9.85. The third kappa shape index (κ3) is 20.2. The van der Waals surface area contributed by atoms with Crippen LogP contribution in [0.5, 0.6) is 0 Å². The monoisotopic (exact) mass is 1000 g/mol. The first kappa shape index (κ1) is 58.3. The Bertz CT molecular complexity index is 2400. The summed E-state index contributed by atoms with van der Waals surface area (Å²) < 4.78 is 5.31. The molecule has 1 heterocycles. The molecule has 3 aromatic rings. The van der Waals surface area contributed by atoms with Crippen molar-refractivity contribution in [2.45, 2.75) is 136 Å². The number of hydrogen-bond donors (Lipinski definition) is 10. The Morgan fingerprint density at radius 2 is 1.18 bits per heavy atom. The standard InChI is InChI=1S/C49H64N8O15/c1-27(2)20-34(44(67)54-33(22-31-25-50-26-72-31)41(65)47(70)51-24-29-13-8-7-9-14-29)56-48(71)42(49(4,5)6)57-46(69)35(21-30-15-11-10-12-28(30)3)55-43(66)32(16-18-38(59)60)53-45(68)36(23-40(63)64)52-37(58)17-19-39(61)62/h7-15,25-27,32-36,42H,16-24H2,1-6H3,(H,51,70)(H,52,58)(H,53,68)(H,54,67)(H,55,66)(H,56,71)(H,57,69)(H,59,60)(H,61,62)(H,63,64)/t32-,33-,34-,35-,36-,42+/m0/s1. The number of carbonyl (C=O) groups is 11. The molecule has 0 bridgehead atoms. The molecule has 0 radical (unpaired) electrons. The van der Waals surface area contributed by atoms with E-state index in [2.05, 4.69) is 42.2 Å². The molecule has 0 fully saturated rings. The number of aliphatic carboxylic acids is 3. The number of carboxylic acids is 3. The SMILES string of the molecule is Cc1ccccc1C[C@H](NC(=O)[C@H](CCC(=O)O)NC(=O)[C@H](CC(=O)O)NC(=O)CCC(=O)O)C(=O)N[C@H](C(=O)N[C@@H](CC(C)C)C(=O)N[C@@H](Cc1cnco1)C(=O)C(=O)NCc1ccccc1)C(C)(C)C. The molecule has 1 aromatic heterocycles. The van der Waals surface area contributed by atoms with Crippen molar-refractivity contribution in [1.29, 1.82) is 0 Å². The van der Waals surface area contributed by atoms with Gasteiger partial charge in [-0.2, -0.15) is 0 Å². The van der Waals surface area contributed by atoms with Gasteiger partial charge in [0.15, 0.2) is 6.39 Å². The van der Waals surface area contributed by atoms with Gasteiger partial charge < -0.3 is 57.0 Å². The highest BCUT2D eigenvalue weighted by Gasteiger charge is 2.39. The van der Waals surface area contributed by atoms with Crippen LogP contribution in [0.1, 0.15) is 95.6 Å². The molecule has 0 spiro atoms. The average molecular weight is 1010 g/mol. The van der Waals surface area contributed by atoms with Crippen LogP contribution in [0.3, 0.4) is 0 Å². The first-order valence-corrected chi connectivity index (χ1v) is 23.1. The van der Waals surface area contributed by atoms with E-state index < -0.39 is 139 Å². The van der Waals surface area contributed by atoms with Crippen molar-refractivity contribution in [1.82, 2.24) is 42.2 Å². The third-order valence-electron chi connectivity index (χ3n) is 11.0. The Kier molecular flexibility index (Phi) is 22.7. The number of nitrogens with one attached hydrogen (secondary N) is 7. The summed E-state index contributed by atoms with van der Waals surface area (Å²) >= 11 is 0. The van der Waals surface area contributed by atoms with E-state index in [1.54, 1.807) is 96.1 Å². The number of amides is 7. The van der Waals surface area contributed by atoms with Crippen molar-refractivity contribution in [2.24, 2.45) is 11.3 Å². The van der Waals surface area contributed by atoms with Gasteiger partial charge in [0, 0.05) is 32.2 Å². The Balaban J connectivity index is 1.93. The van der Waals surface area contributed by atoms with Crippen molar-refractivity contribution in [3.63, 3.8) is 0 Å². The van der Waals surface area contributed by atoms with Gasteiger partial charge in [-0.3, -0.25) is 52.7 Å². The maximum atomic E-state index is 14.5. The van der Waals surface area contributed by atoms with Gasteiger partial charge in [0.05, 0.1) is 19.0 Å². The number of ketones is 1. The topological polar surface area (TPSA) is 359 Å². The summed E-state index contributed by atoms with van der Waals surface area (Å²) in [6, 6.07) is 6.30. The molecule has 72 heavy (non-hydrogen) atoms. The maximum Gasteiger partial charge on any atom is 0.305 e. The predicted molar refractivity (Wildman–Crippen MR) is 255 cm³/mol. The van der Waals surface area contributed by atoms with Crippen molar-refractivity contribution >= 4 is 65.0 Å². The second kappa shape index (κ2) is 28.0. The van der Waals surface area contributed by atoms with Gasteiger partial charge in [0.2, 0.25) is 41.2 Å². The maximum absolute atomic E-state index is 14.5. The highest BCUT2D eigenvalue weighted by molar-refractivity contribution is 6.38. The second-order valence-electron chi connectivity index (χ2n) is 18.6. The van der Waals surface area contributed by atoms with Crippen LogP contribution in [-0.2, 0) is 72.1 Å². The van der Waals surface area contributed by atoms with Gasteiger partial charge in [0.25, 0.3) is 5.91 Å². The average Bonchev–Trinajstić information content (AvgIpc) is 3.82. The van der Waals surface area contributed by atoms with Crippen LogP contribution in [0.15, 0.2) is 71.6 Å². The number of aromatic nitrogens is 1. The van der Waals surface area contributed by atoms with Crippen LogP contribution in [0.4, 0.5) is 0 Å². The van der Waals surface area contributed by atoms with Crippen molar-refractivity contribution in [3.05, 3.63) is 89.6 Å². The molecule has 10 N–H and O–H groups in total. The summed E-state index contributed by atoms with van der Waals surface area (Å²) in [5.74, 6) is -12.3. The fraction of sp³-hybridized carbons (Fsp3) is 0.469. The number of aryl methyl sites for hydroxylation is 1. The molecule has 23 nitrogen and oxygen atoms in total. The molecule has 2 aromatic carbocycles. The number of hydrogen-bond acceptors (Lipinski definition) is 13. The summed E-state index contributed by atoms with van der Waals surface area (Å²) in [4.78, 5) is 148. The Hall–Kier alpha value is -7.98. The molecule has 0 aliphatic heterocycles. The van der Waals surface area contributed by atoms with Crippen molar-refractivity contribution in [3.8, 4) is 0 Å². The highest BCUT2D eigenvalue weighted by atomic mass is 16.4. The number of Topliss-reactive ketones (excluding diaryl/α,β-unsaturated/α-hetero) is 1. The molecule has 6 atom stereocenters. The molecule has 7 amide bonds. The van der Waals surface area contributed by atoms with E-state index in [0.717, 1.165) is 6.39 Å². The highest BCUT2D eigenvalue weighted by Crippen LogP contribution is 2.21. The zero-order valence-electron chi connectivity index (χ0n) is 40.9. The lowest BCUT2D eigenvalue weighted by Crippen LogP contribution is -2.62. The number of rotatable bonds is 29. The number of carboxylic acid groups (broad SMARTS) is 3. The Morgan fingerprint density at radius 1 is 0.611 bits per heavy atom. The van der Waals surface area contributed by atoms with Crippen LogP contribution >= 0.6 is 0 Å². The predicted octanol–water partition coefficient (Wildman–Crippen LogP) is 0.859. The Morgan fingerprint density at radius 3 is 1.76 bits per heavy atom. The number of carbonyl (C=O) groups excluding carboxylic acids is 8. The molecule has 390 valence electrons. The quantitative estimate of drug-likeness (QED) is 0.0431. The lowest BCUT2D eigenvalue weighted by molar-refractivity contribution is -0.142. The molecule has 0 unspecified atom stereocenters. The van der Waals surface area contributed by atoms with E-state index in [-0.39, 0.29) is 37.5 Å². The van der Waals surface area contributed by atoms with Crippen LogP contribution in [-0.4, -0.2) is 122 Å². The summed E-state index contributed by atoms with van der Waals surface area (Å²) in [7, 11) is 0. The van der Waals surface area contributed by atoms with E-state index in [1.165, 1.54) is 6.20 Å². The molecule has 23 heteroatoms. The fourth-order valence-electron chi connectivity index (χ4n) is 7.15. The molecule has 0 saturated carbocycles.